The Labute approximate surface area is 127 Å². The average Bonchev–Trinajstić information content (AvgIpc) is 2.42. The summed E-state index contributed by atoms with van der Waals surface area (Å²) in [6.45, 7) is 9.24. The van der Waals surface area contributed by atoms with Gasteiger partial charge in [0.1, 0.15) is 12.1 Å². The Morgan fingerprint density at radius 3 is 2.52 bits per heavy atom. The van der Waals surface area contributed by atoms with Gasteiger partial charge < -0.3 is 15.0 Å². The van der Waals surface area contributed by atoms with E-state index in [4.69, 9.17) is 4.74 Å². The normalized spacial score (nSPS) is 31.2. The standard InChI is InChI=1S/C16H28N2O3/c1-5-12-15(20)18(10-11-8-6-7-9-21-11)13(14(19)17-12)16(2,3)4/h11-13H,5-10H2,1-4H3,(H,17,19). The third-order valence-electron chi connectivity index (χ3n) is 4.36. The summed E-state index contributed by atoms with van der Waals surface area (Å²) in [7, 11) is 0. The van der Waals surface area contributed by atoms with Crippen molar-refractivity contribution >= 4 is 11.8 Å². The van der Waals surface area contributed by atoms with Crippen LogP contribution in [0.3, 0.4) is 0 Å². The minimum atomic E-state index is -0.418. The van der Waals surface area contributed by atoms with E-state index >= 15 is 0 Å². The molecule has 0 bridgehead atoms. The lowest BCUT2D eigenvalue weighted by Crippen LogP contribution is -2.67. The monoisotopic (exact) mass is 296 g/mol. The van der Waals surface area contributed by atoms with Crippen LogP contribution in [0.15, 0.2) is 0 Å². The average molecular weight is 296 g/mol. The summed E-state index contributed by atoms with van der Waals surface area (Å²) in [5.74, 6) is -0.00374. The fraction of sp³-hybridized carbons (Fsp3) is 0.875. The summed E-state index contributed by atoms with van der Waals surface area (Å²) in [4.78, 5) is 26.9. The van der Waals surface area contributed by atoms with Gasteiger partial charge in [-0.2, -0.15) is 0 Å². The van der Waals surface area contributed by atoms with Gasteiger partial charge >= 0.3 is 0 Å². The number of carbonyl (C=O) groups excluding carboxylic acids is 2. The fourth-order valence-electron chi connectivity index (χ4n) is 3.28. The second kappa shape index (κ2) is 6.34. The van der Waals surface area contributed by atoms with Gasteiger partial charge in [0.2, 0.25) is 11.8 Å². The van der Waals surface area contributed by atoms with Crippen molar-refractivity contribution in [1.82, 2.24) is 10.2 Å². The maximum atomic E-state index is 12.7. The smallest absolute Gasteiger partial charge is 0.245 e. The van der Waals surface area contributed by atoms with Crippen molar-refractivity contribution in [2.24, 2.45) is 5.41 Å². The first-order valence-electron chi connectivity index (χ1n) is 8.07. The van der Waals surface area contributed by atoms with Crippen LogP contribution in [0.4, 0.5) is 0 Å². The van der Waals surface area contributed by atoms with E-state index in [0.717, 1.165) is 25.9 Å². The van der Waals surface area contributed by atoms with E-state index in [2.05, 4.69) is 5.32 Å². The van der Waals surface area contributed by atoms with E-state index in [1.165, 1.54) is 0 Å². The van der Waals surface area contributed by atoms with Crippen LogP contribution in [-0.2, 0) is 14.3 Å². The zero-order chi connectivity index (χ0) is 15.6. The molecule has 0 saturated carbocycles. The first-order chi connectivity index (χ1) is 9.84. The molecule has 0 spiro atoms. The van der Waals surface area contributed by atoms with Gasteiger partial charge in [0.25, 0.3) is 0 Å². The molecular weight excluding hydrogens is 268 g/mol. The Kier molecular flexibility index (Phi) is 4.91. The van der Waals surface area contributed by atoms with Gasteiger partial charge in [-0.05, 0) is 31.1 Å². The number of ether oxygens (including phenoxy) is 1. The van der Waals surface area contributed by atoms with Crippen LogP contribution in [0.2, 0.25) is 0 Å². The van der Waals surface area contributed by atoms with Gasteiger partial charge in [0.15, 0.2) is 0 Å². The number of nitrogens with zero attached hydrogens (tertiary/aromatic N) is 1. The van der Waals surface area contributed by atoms with Crippen LogP contribution >= 0.6 is 0 Å². The van der Waals surface area contributed by atoms with Gasteiger partial charge in [-0.3, -0.25) is 9.59 Å². The molecule has 2 heterocycles. The summed E-state index contributed by atoms with van der Waals surface area (Å²) in [5, 5.41) is 2.87. The molecule has 0 aromatic carbocycles. The molecule has 2 saturated heterocycles. The zero-order valence-electron chi connectivity index (χ0n) is 13.6. The second-order valence-electron chi connectivity index (χ2n) is 7.22. The zero-order valence-corrected chi connectivity index (χ0v) is 13.6. The second-order valence-corrected chi connectivity index (χ2v) is 7.22. The lowest BCUT2D eigenvalue weighted by Gasteiger charge is -2.46. The molecule has 120 valence electrons. The van der Waals surface area contributed by atoms with Gasteiger partial charge in [0, 0.05) is 13.2 Å². The van der Waals surface area contributed by atoms with Crippen molar-refractivity contribution in [3.63, 3.8) is 0 Å². The molecule has 0 radical (unpaired) electrons. The van der Waals surface area contributed by atoms with E-state index in [1.54, 1.807) is 4.90 Å². The molecule has 1 N–H and O–H groups in total. The molecule has 5 nitrogen and oxygen atoms in total. The Morgan fingerprint density at radius 2 is 2.00 bits per heavy atom. The number of hydrogen-bond acceptors (Lipinski definition) is 3. The topological polar surface area (TPSA) is 58.6 Å². The quantitative estimate of drug-likeness (QED) is 0.862. The highest BCUT2D eigenvalue weighted by molar-refractivity contribution is 5.97. The molecule has 5 heteroatoms. The maximum absolute atomic E-state index is 12.7. The summed E-state index contributed by atoms with van der Waals surface area (Å²) in [6.07, 6.45) is 3.89. The van der Waals surface area contributed by atoms with Gasteiger partial charge in [-0.15, -0.1) is 0 Å². The molecule has 0 aliphatic carbocycles. The van der Waals surface area contributed by atoms with E-state index < -0.39 is 6.04 Å². The van der Waals surface area contributed by atoms with Gasteiger partial charge in [0.05, 0.1) is 6.10 Å². The molecular formula is C16H28N2O3. The Bertz CT molecular complexity index is 397. The van der Waals surface area contributed by atoms with Crippen LogP contribution in [0.1, 0.15) is 53.4 Å². The summed E-state index contributed by atoms with van der Waals surface area (Å²) >= 11 is 0. The number of hydrogen-bond donors (Lipinski definition) is 1. The van der Waals surface area contributed by atoms with E-state index in [1.807, 2.05) is 27.7 Å². The number of nitrogens with one attached hydrogen (secondary N) is 1. The molecule has 0 aromatic heterocycles. The third-order valence-corrected chi connectivity index (χ3v) is 4.36. The lowest BCUT2D eigenvalue weighted by molar-refractivity contribution is -0.157. The predicted molar refractivity (Wildman–Crippen MR) is 80.8 cm³/mol. The van der Waals surface area contributed by atoms with Gasteiger partial charge in [-0.1, -0.05) is 27.7 Å². The number of rotatable bonds is 3. The summed E-state index contributed by atoms with van der Waals surface area (Å²) < 4.78 is 5.77. The third kappa shape index (κ3) is 3.57. The summed E-state index contributed by atoms with van der Waals surface area (Å²) in [5.41, 5.74) is -0.285. The summed E-state index contributed by atoms with van der Waals surface area (Å²) in [6, 6.07) is -0.807. The SMILES string of the molecule is CCC1NC(=O)C(C(C)(C)C)N(CC2CCCCO2)C1=O. The minimum absolute atomic E-state index is 0.0335. The molecule has 2 aliphatic rings. The van der Waals surface area contributed by atoms with E-state index in [0.29, 0.717) is 13.0 Å². The molecule has 2 fully saturated rings. The van der Waals surface area contributed by atoms with E-state index in [-0.39, 0.29) is 29.4 Å². The van der Waals surface area contributed by atoms with E-state index in [9.17, 15) is 9.59 Å². The molecule has 0 aromatic rings. The van der Waals surface area contributed by atoms with Gasteiger partial charge in [-0.25, -0.2) is 0 Å². The Balaban J connectivity index is 2.20. The van der Waals surface area contributed by atoms with Crippen LogP contribution in [-0.4, -0.2) is 48.1 Å². The van der Waals surface area contributed by atoms with Crippen LogP contribution < -0.4 is 5.32 Å². The lowest BCUT2D eigenvalue weighted by atomic mass is 9.82. The Morgan fingerprint density at radius 1 is 1.29 bits per heavy atom. The van der Waals surface area contributed by atoms with Crippen molar-refractivity contribution in [1.29, 1.82) is 0 Å². The maximum Gasteiger partial charge on any atom is 0.245 e. The molecule has 3 unspecified atom stereocenters. The first kappa shape index (κ1) is 16.3. The highest BCUT2D eigenvalue weighted by Gasteiger charge is 2.46. The molecule has 21 heavy (non-hydrogen) atoms. The predicted octanol–water partition coefficient (Wildman–Crippen LogP) is 1.71. The molecule has 2 rings (SSSR count). The Hall–Kier alpha value is -1.10. The van der Waals surface area contributed by atoms with Crippen molar-refractivity contribution < 1.29 is 14.3 Å². The van der Waals surface area contributed by atoms with Crippen molar-refractivity contribution in [3.8, 4) is 0 Å². The van der Waals surface area contributed by atoms with Crippen LogP contribution in [0.25, 0.3) is 0 Å². The largest absolute Gasteiger partial charge is 0.376 e. The number of carbonyl (C=O) groups is 2. The van der Waals surface area contributed by atoms with Crippen LogP contribution in [0.5, 0.6) is 0 Å². The first-order valence-corrected chi connectivity index (χ1v) is 8.07. The molecule has 2 amide bonds. The number of amides is 2. The van der Waals surface area contributed by atoms with Crippen molar-refractivity contribution in [3.05, 3.63) is 0 Å². The number of piperazine rings is 1. The molecule has 2 aliphatic heterocycles. The van der Waals surface area contributed by atoms with Crippen LogP contribution in [0, 0.1) is 5.41 Å². The highest BCUT2D eigenvalue weighted by atomic mass is 16.5. The fourth-order valence-corrected chi connectivity index (χ4v) is 3.28. The minimum Gasteiger partial charge on any atom is -0.376 e. The van der Waals surface area contributed by atoms with Crippen molar-refractivity contribution in [2.75, 3.05) is 13.2 Å². The molecule has 3 atom stereocenters. The van der Waals surface area contributed by atoms with Crippen molar-refractivity contribution in [2.45, 2.75) is 71.6 Å². The highest BCUT2D eigenvalue weighted by Crippen LogP contribution is 2.29.